The van der Waals surface area contributed by atoms with Crippen molar-refractivity contribution in [2.24, 2.45) is 16.4 Å². The summed E-state index contributed by atoms with van der Waals surface area (Å²) in [6.07, 6.45) is 4.83. The molecule has 1 aliphatic carbocycles. The predicted molar refractivity (Wildman–Crippen MR) is 78.9 cm³/mol. The maximum absolute atomic E-state index is 4.54. The van der Waals surface area contributed by atoms with Crippen LogP contribution in [0, 0.1) is 11.3 Å². The van der Waals surface area contributed by atoms with Gasteiger partial charge in [-0.3, -0.25) is 5.43 Å². The number of nitrogens with zero attached hydrogens (tertiary/aromatic N) is 1. The second kappa shape index (κ2) is 5.55. The van der Waals surface area contributed by atoms with Gasteiger partial charge in [0.15, 0.2) is 0 Å². The zero-order valence-corrected chi connectivity index (χ0v) is 11.7. The van der Waals surface area contributed by atoms with Crippen LogP contribution in [0.15, 0.2) is 35.4 Å². The number of anilines is 1. The van der Waals surface area contributed by atoms with E-state index in [0.29, 0.717) is 5.41 Å². The Balaban J connectivity index is 1.86. The van der Waals surface area contributed by atoms with Crippen molar-refractivity contribution in [1.82, 2.24) is 0 Å². The first-order valence-electron chi connectivity index (χ1n) is 6.92. The minimum absolute atomic E-state index is 0.443. The van der Waals surface area contributed by atoms with Crippen LogP contribution < -0.4 is 5.43 Å². The Kier molecular flexibility index (Phi) is 4.05. The largest absolute Gasteiger partial charge is 0.279 e. The first kappa shape index (κ1) is 13.1. The van der Waals surface area contributed by atoms with E-state index < -0.39 is 0 Å². The van der Waals surface area contributed by atoms with E-state index in [2.05, 4.69) is 31.3 Å². The zero-order chi connectivity index (χ0) is 13.0. The lowest BCUT2D eigenvalue weighted by molar-refractivity contribution is 0.208. The van der Waals surface area contributed by atoms with E-state index in [0.717, 1.165) is 24.4 Å². The molecule has 1 saturated carbocycles. The predicted octanol–water partition coefficient (Wildman–Crippen LogP) is 4.69. The summed E-state index contributed by atoms with van der Waals surface area (Å²) in [4.78, 5) is 0. The normalized spacial score (nSPS) is 20.6. The molecule has 0 saturated heterocycles. The van der Waals surface area contributed by atoms with Gasteiger partial charge in [0.1, 0.15) is 0 Å². The molecule has 1 aliphatic rings. The molecule has 2 nitrogen and oxygen atoms in total. The number of rotatable bonds is 2. The van der Waals surface area contributed by atoms with Gasteiger partial charge in [0.25, 0.3) is 0 Å². The molecule has 18 heavy (non-hydrogen) atoms. The highest BCUT2D eigenvalue weighted by Crippen LogP contribution is 2.36. The molecule has 1 aromatic carbocycles. The summed E-state index contributed by atoms with van der Waals surface area (Å²) in [5, 5.41) is 4.54. The first-order chi connectivity index (χ1) is 8.55. The summed E-state index contributed by atoms with van der Waals surface area (Å²) in [6.45, 7) is 7.05. The van der Waals surface area contributed by atoms with Crippen molar-refractivity contribution < 1.29 is 0 Å². The lowest BCUT2D eigenvalue weighted by Gasteiger charge is -2.34. The molecule has 2 rings (SSSR count). The van der Waals surface area contributed by atoms with Crippen molar-refractivity contribution in [2.45, 2.75) is 46.5 Å². The highest BCUT2D eigenvalue weighted by molar-refractivity contribution is 5.85. The molecular weight excluding hydrogens is 220 g/mol. The average Bonchev–Trinajstić information content (AvgIpc) is 2.37. The molecule has 1 fully saturated rings. The summed E-state index contributed by atoms with van der Waals surface area (Å²) in [5.41, 5.74) is 5.99. The third-order valence-corrected chi connectivity index (χ3v) is 3.90. The van der Waals surface area contributed by atoms with Gasteiger partial charge in [-0.15, -0.1) is 0 Å². The molecule has 0 heterocycles. The zero-order valence-electron chi connectivity index (χ0n) is 11.7. The third kappa shape index (κ3) is 3.59. The molecule has 0 amide bonds. The van der Waals surface area contributed by atoms with Gasteiger partial charge >= 0.3 is 0 Å². The fourth-order valence-electron chi connectivity index (χ4n) is 2.59. The van der Waals surface area contributed by atoms with Crippen LogP contribution in [0.1, 0.15) is 46.5 Å². The summed E-state index contributed by atoms with van der Waals surface area (Å²) >= 11 is 0. The second-order valence-corrected chi connectivity index (χ2v) is 6.30. The van der Waals surface area contributed by atoms with Gasteiger partial charge in [-0.05, 0) is 49.1 Å². The molecule has 1 N–H and O–H groups in total. The lowest BCUT2D eigenvalue weighted by atomic mass is 9.72. The minimum Gasteiger partial charge on any atom is -0.279 e. The summed E-state index contributed by atoms with van der Waals surface area (Å²) in [7, 11) is 0. The first-order valence-corrected chi connectivity index (χ1v) is 6.92. The van der Waals surface area contributed by atoms with Gasteiger partial charge in [-0.1, -0.05) is 39.0 Å². The second-order valence-electron chi connectivity index (χ2n) is 6.30. The summed E-state index contributed by atoms with van der Waals surface area (Å²) in [5.74, 6) is 0.841. The summed E-state index contributed by atoms with van der Waals surface area (Å²) < 4.78 is 0. The number of para-hydroxylation sites is 1. The van der Waals surface area contributed by atoms with Crippen LogP contribution in [0.2, 0.25) is 0 Å². The van der Waals surface area contributed by atoms with Crippen LogP contribution >= 0.6 is 0 Å². The molecule has 2 heteroatoms. The molecule has 0 spiro atoms. The van der Waals surface area contributed by atoms with Gasteiger partial charge in [-0.2, -0.15) is 5.10 Å². The Morgan fingerprint density at radius 1 is 1.06 bits per heavy atom. The van der Waals surface area contributed by atoms with E-state index in [-0.39, 0.29) is 0 Å². The van der Waals surface area contributed by atoms with Gasteiger partial charge in [0.05, 0.1) is 5.69 Å². The number of benzene rings is 1. The fourth-order valence-corrected chi connectivity index (χ4v) is 2.59. The molecule has 1 aromatic rings. The van der Waals surface area contributed by atoms with E-state index in [4.69, 9.17) is 0 Å². The SMILES string of the molecule is CC(C)(C)C1CCC(=NNc2ccccc2)CC1. The van der Waals surface area contributed by atoms with Crippen molar-refractivity contribution in [3.05, 3.63) is 30.3 Å². The van der Waals surface area contributed by atoms with E-state index in [1.165, 1.54) is 18.6 Å². The van der Waals surface area contributed by atoms with E-state index in [9.17, 15) is 0 Å². The topological polar surface area (TPSA) is 24.4 Å². The van der Waals surface area contributed by atoms with Crippen LogP contribution in [0.25, 0.3) is 0 Å². The van der Waals surface area contributed by atoms with E-state index in [1.54, 1.807) is 0 Å². The van der Waals surface area contributed by atoms with Gasteiger partial charge in [0.2, 0.25) is 0 Å². The molecule has 0 aromatic heterocycles. The van der Waals surface area contributed by atoms with Gasteiger partial charge < -0.3 is 0 Å². The van der Waals surface area contributed by atoms with E-state index in [1.807, 2.05) is 30.3 Å². The van der Waals surface area contributed by atoms with Crippen molar-refractivity contribution in [2.75, 3.05) is 5.43 Å². The molecule has 0 bridgehead atoms. The van der Waals surface area contributed by atoms with Gasteiger partial charge in [-0.25, -0.2) is 0 Å². The molecular formula is C16H24N2. The maximum Gasteiger partial charge on any atom is 0.0561 e. The Morgan fingerprint density at radius 2 is 1.67 bits per heavy atom. The van der Waals surface area contributed by atoms with Crippen molar-refractivity contribution in [1.29, 1.82) is 0 Å². The van der Waals surface area contributed by atoms with Crippen molar-refractivity contribution >= 4 is 11.4 Å². The highest BCUT2D eigenvalue weighted by Gasteiger charge is 2.27. The Morgan fingerprint density at radius 3 is 2.22 bits per heavy atom. The third-order valence-electron chi connectivity index (χ3n) is 3.90. The van der Waals surface area contributed by atoms with Crippen LogP contribution in [0.4, 0.5) is 5.69 Å². The number of hydrazone groups is 1. The standard InChI is InChI=1S/C16H24N2/c1-16(2,3)13-9-11-15(12-10-13)18-17-14-7-5-4-6-8-14/h4-8,13,17H,9-12H2,1-3H3. The Labute approximate surface area is 110 Å². The van der Waals surface area contributed by atoms with Crippen molar-refractivity contribution in [3.63, 3.8) is 0 Å². The maximum atomic E-state index is 4.54. The van der Waals surface area contributed by atoms with E-state index >= 15 is 0 Å². The monoisotopic (exact) mass is 244 g/mol. The smallest absolute Gasteiger partial charge is 0.0561 e. The minimum atomic E-state index is 0.443. The fraction of sp³-hybridized carbons (Fsp3) is 0.562. The molecule has 0 unspecified atom stereocenters. The summed E-state index contributed by atoms with van der Waals surface area (Å²) in [6, 6.07) is 10.2. The Bertz CT molecular complexity index is 391. The van der Waals surface area contributed by atoms with Gasteiger partial charge in [0, 0.05) is 5.71 Å². The van der Waals surface area contributed by atoms with Crippen LogP contribution in [-0.2, 0) is 0 Å². The average molecular weight is 244 g/mol. The van der Waals surface area contributed by atoms with Crippen LogP contribution in [-0.4, -0.2) is 5.71 Å². The van der Waals surface area contributed by atoms with Crippen LogP contribution in [0.5, 0.6) is 0 Å². The highest BCUT2D eigenvalue weighted by atomic mass is 15.3. The van der Waals surface area contributed by atoms with Crippen LogP contribution in [0.3, 0.4) is 0 Å². The Hall–Kier alpha value is -1.31. The quantitative estimate of drug-likeness (QED) is 0.750. The van der Waals surface area contributed by atoms with Crippen molar-refractivity contribution in [3.8, 4) is 0 Å². The molecule has 0 aliphatic heterocycles. The number of hydrogen-bond donors (Lipinski definition) is 1. The molecule has 0 atom stereocenters. The molecule has 0 radical (unpaired) electrons. The number of hydrogen-bond acceptors (Lipinski definition) is 2. The number of nitrogens with one attached hydrogen (secondary N) is 1. The lowest BCUT2D eigenvalue weighted by Crippen LogP contribution is -2.26. The molecule has 98 valence electrons.